The molecule has 0 saturated heterocycles. The van der Waals surface area contributed by atoms with Gasteiger partial charge in [0.1, 0.15) is 25.3 Å². The maximum Gasteiger partial charge on any atom is 0.407 e. The zero-order valence-corrected chi connectivity index (χ0v) is 38.6. The van der Waals surface area contributed by atoms with Crippen molar-refractivity contribution in [3.8, 4) is 11.1 Å². The highest BCUT2D eigenvalue weighted by Crippen LogP contribution is 2.49. The van der Waals surface area contributed by atoms with Gasteiger partial charge in [-0.1, -0.05) is 196 Å². The van der Waals surface area contributed by atoms with Gasteiger partial charge in [-0.25, -0.2) is 4.79 Å². The minimum atomic E-state index is -1.30. The summed E-state index contributed by atoms with van der Waals surface area (Å²) >= 11 is 1.48. The van der Waals surface area contributed by atoms with E-state index in [9.17, 15) is 24.3 Å². The molecule has 6 aromatic rings. The third kappa shape index (κ3) is 11.7. The number of benzene rings is 6. The van der Waals surface area contributed by atoms with Gasteiger partial charge in [0.15, 0.2) is 0 Å². The molecule has 0 fully saturated rings. The molecule has 0 aliphatic heterocycles. The summed E-state index contributed by atoms with van der Waals surface area (Å²) in [7, 11) is 0. The van der Waals surface area contributed by atoms with Crippen LogP contribution in [-0.2, 0) is 35.0 Å². The van der Waals surface area contributed by atoms with Crippen molar-refractivity contribution in [2.75, 3.05) is 19.0 Å². The van der Waals surface area contributed by atoms with Crippen LogP contribution in [-0.4, -0.2) is 72.2 Å². The molecule has 3 amide bonds. The summed E-state index contributed by atoms with van der Waals surface area (Å²) in [5.41, 5.74) is 7.92. The lowest BCUT2D eigenvalue weighted by atomic mass is 9.84. The van der Waals surface area contributed by atoms with Gasteiger partial charge in [-0.2, -0.15) is 0 Å². The summed E-state index contributed by atoms with van der Waals surface area (Å²) in [6.07, 6.45) is -0.921. The molecule has 7 rings (SSSR count). The van der Waals surface area contributed by atoms with Gasteiger partial charge in [0.05, 0.1) is 23.3 Å². The molecule has 0 saturated carbocycles. The fraction of sp³-hybridized carbons (Fsp3) is 0.250. The number of thioether (sulfide) groups is 1. The highest BCUT2D eigenvalue weighted by Gasteiger charge is 2.40. The highest BCUT2D eigenvalue weighted by atomic mass is 32.2. The van der Waals surface area contributed by atoms with Crippen molar-refractivity contribution in [3.05, 3.63) is 216 Å². The number of hydrogen-bond donors (Lipinski definition) is 4. The average Bonchev–Trinajstić information content (AvgIpc) is 3.68. The molecule has 0 radical (unpaired) electrons. The van der Waals surface area contributed by atoms with Crippen molar-refractivity contribution in [3.63, 3.8) is 0 Å². The van der Waals surface area contributed by atoms with Crippen molar-refractivity contribution in [1.29, 1.82) is 0 Å². The van der Waals surface area contributed by atoms with Crippen molar-refractivity contribution in [2.24, 2.45) is 5.92 Å². The first-order valence-electron chi connectivity index (χ1n) is 22.6. The third-order valence-corrected chi connectivity index (χ3v) is 13.7. The predicted molar refractivity (Wildman–Crippen MR) is 264 cm³/mol. The van der Waals surface area contributed by atoms with Crippen molar-refractivity contribution in [1.82, 2.24) is 16.0 Å². The summed E-state index contributed by atoms with van der Waals surface area (Å²) in [5.74, 6) is -2.32. The lowest BCUT2D eigenvalue weighted by Crippen LogP contribution is -2.58. The van der Waals surface area contributed by atoms with Crippen LogP contribution < -0.4 is 16.0 Å². The third-order valence-electron chi connectivity index (χ3n) is 12.1. The second-order valence-electron chi connectivity index (χ2n) is 16.9. The van der Waals surface area contributed by atoms with Crippen LogP contribution in [0.25, 0.3) is 11.1 Å². The Kier molecular flexibility index (Phi) is 16.5. The van der Waals surface area contributed by atoms with Crippen LogP contribution >= 0.6 is 11.8 Å². The number of nitrogens with one attached hydrogen (secondary N) is 3. The van der Waals surface area contributed by atoms with Crippen molar-refractivity contribution in [2.45, 2.75) is 61.6 Å². The van der Waals surface area contributed by atoms with Gasteiger partial charge in [0.25, 0.3) is 0 Å². The number of fused-ring (bicyclic) bond motifs is 3. The second kappa shape index (κ2) is 23.0. The summed E-state index contributed by atoms with van der Waals surface area (Å²) in [6, 6.07) is 52.1. The molecule has 0 aromatic heterocycles. The van der Waals surface area contributed by atoms with Crippen molar-refractivity contribution >= 4 is 35.6 Å². The average molecular weight is 916 g/mol. The maximum absolute atomic E-state index is 14.8. The smallest absolute Gasteiger partial charge is 0.407 e. The highest BCUT2D eigenvalue weighted by molar-refractivity contribution is 8.00. The van der Waals surface area contributed by atoms with Crippen LogP contribution in [0.1, 0.15) is 59.6 Å². The van der Waals surface area contributed by atoms with E-state index in [1.807, 2.05) is 172 Å². The Morgan fingerprint density at radius 3 is 1.63 bits per heavy atom. The molecule has 0 bridgehead atoms. The van der Waals surface area contributed by atoms with Gasteiger partial charge >= 0.3 is 12.1 Å². The minimum absolute atomic E-state index is 0.0181. The molecule has 11 heteroatoms. The molecule has 67 heavy (non-hydrogen) atoms. The summed E-state index contributed by atoms with van der Waals surface area (Å²) < 4.78 is 10.2. The van der Waals surface area contributed by atoms with E-state index in [-0.39, 0.29) is 43.6 Å². The fourth-order valence-electron chi connectivity index (χ4n) is 8.75. The van der Waals surface area contributed by atoms with Crippen LogP contribution in [0, 0.1) is 5.92 Å². The molecular weight excluding hydrogens is 859 g/mol. The second-order valence-corrected chi connectivity index (χ2v) is 18.1. The lowest BCUT2D eigenvalue weighted by Gasteiger charge is -2.37. The van der Waals surface area contributed by atoms with E-state index in [0.29, 0.717) is 0 Å². The Bertz CT molecular complexity index is 2450. The van der Waals surface area contributed by atoms with Gasteiger partial charge in [-0.15, -0.1) is 11.8 Å². The van der Waals surface area contributed by atoms with Crippen LogP contribution in [0.4, 0.5) is 4.79 Å². The molecule has 10 nitrogen and oxygen atoms in total. The largest absolute Gasteiger partial charge is 0.461 e. The van der Waals surface area contributed by atoms with E-state index in [2.05, 4.69) is 34.7 Å². The van der Waals surface area contributed by atoms with Crippen LogP contribution in [0.3, 0.4) is 0 Å². The predicted octanol–water partition coefficient (Wildman–Crippen LogP) is 8.97. The fourth-order valence-corrected chi connectivity index (χ4v) is 10.3. The minimum Gasteiger partial charge on any atom is -0.461 e. The van der Waals surface area contributed by atoms with Gasteiger partial charge in [-0.05, 0) is 50.4 Å². The molecule has 2 unspecified atom stereocenters. The molecule has 344 valence electrons. The molecule has 0 heterocycles. The number of aliphatic hydroxyl groups excluding tert-OH is 1. The topological polar surface area (TPSA) is 143 Å². The normalized spacial score (nSPS) is 13.8. The van der Waals surface area contributed by atoms with Gasteiger partial charge in [0, 0.05) is 18.1 Å². The van der Waals surface area contributed by atoms with Crippen LogP contribution in [0.15, 0.2) is 183 Å². The first-order chi connectivity index (χ1) is 32.6. The molecular formula is C56H57N3O7S. The Balaban J connectivity index is 1.20. The van der Waals surface area contributed by atoms with Crippen LogP contribution in [0.2, 0.25) is 0 Å². The Hall–Kier alpha value is -6.95. The SMILES string of the molecule is C=CCOC(=O)C[C@H](O)[C@H](NC(=O)C(CSC(c1ccccc1)(c1ccccc1)c1ccccc1)NC(=O)C(Cc1ccccc1)NC(=O)OCC1c2ccccc2-c2ccccc21)C(C)C. The number of rotatable bonds is 21. The Morgan fingerprint density at radius 2 is 1.12 bits per heavy atom. The molecule has 1 aliphatic carbocycles. The number of carbonyl (C=O) groups excluding carboxylic acids is 4. The number of aliphatic hydroxyl groups is 1. The number of carbonyl (C=O) groups is 4. The number of alkyl carbamates (subject to hydrolysis) is 1. The van der Waals surface area contributed by atoms with Crippen LogP contribution in [0.5, 0.6) is 0 Å². The number of esters is 1. The van der Waals surface area contributed by atoms with Crippen molar-refractivity contribution < 1.29 is 33.8 Å². The molecule has 4 N–H and O–H groups in total. The Morgan fingerprint density at radius 1 is 0.642 bits per heavy atom. The van der Waals surface area contributed by atoms with Gasteiger partial charge < -0.3 is 30.5 Å². The van der Waals surface area contributed by atoms with E-state index < -0.39 is 52.9 Å². The number of ether oxygens (including phenoxy) is 2. The van der Waals surface area contributed by atoms with Gasteiger partial charge in [0.2, 0.25) is 11.8 Å². The lowest BCUT2D eigenvalue weighted by molar-refractivity contribution is -0.145. The van der Waals surface area contributed by atoms with E-state index in [1.54, 1.807) is 0 Å². The molecule has 0 spiro atoms. The standard InChI is InChI=1S/C56H57N3O7S/c1-4-33-65-51(61)35-50(60)52(38(2)3)59-54(63)49(37-67-56(40-23-11-6-12-24-40,41-25-13-7-14-26-41)42-27-15-8-16-28-42)57-53(62)48(34-39-21-9-5-10-22-39)58-55(64)66-36-47-45-31-19-17-29-43(45)44-30-18-20-32-46(44)47/h4-32,38,47-50,52,60H,1,33-37H2,2-3H3,(H,57,62)(H,58,64)(H,59,63)/t48?,49?,50-,52+/m0/s1. The van der Waals surface area contributed by atoms with E-state index in [0.717, 1.165) is 44.5 Å². The van der Waals surface area contributed by atoms with E-state index >= 15 is 0 Å². The quantitative estimate of drug-likeness (QED) is 0.0319. The summed E-state index contributed by atoms with van der Waals surface area (Å²) in [4.78, 5) is 56.1. The first-order valence-corrected chi connectivity index (χ1v) is 23.6. The maximum atomic E-state index is 14.8. The number of amides is 3. The summed E-state index contributed by atoms with van der Waals surface area (Å²) in [5, 5.41) is 20.2. The van der Waals surface area contributed by atoms with E-state index in [4.69, 9.17) is 9.47 Å². The zero-order valence-electron chi connectivity index (χ0n) is 37.8. The summed E-state index contributed by atoms with van der Waals surface area (Å²) in [6.45, 7) is 7.25. The molecule has 4 atom stereocenters. The monoisotopic (exact) mass is 915 g/mol. The van der Waals surface area contributed by atoms with Gasteiger partial charge in [-0.3, -0.25) is 14.4 Å². The first kappa shape index (κ1) is 48.0. The Labute approximate surface area is 397 Å². The molecule has 1 aliphatic rings. The van der Waals surface area contributed by atoms with E-state index in [1.165, 1.54) is 17.8 Å². The zero-order chi connectivity index (χ0) is 47.2. The number of hydrogen-bond acceptors (Lipinski definition) is 8. The molecule has 6 aromatic carbocycles.